The summed E-state index contributed by atoms with van der Waals surface area (Å²) in [6.07, 6.45) is 1.25. The molecule has 1 aromatic rings. The number of nitrogens with one attached hydrogen (secondary N) is 1. The molecule has 1 aromatic carbocycles. The minimum atomic E-state index is -3.10. The van der Waals surface area contributed by atoms with Crippen LogP contribution in [0.5, 0.6) is 0 Å². The summed E-state index contributed by atoms with van der Waals surface area (Å²) in [7, 11) is -3.10. The summed E-state index contributed by atoms with van der Waals surface area (Å²) in [5.41, 5.74) is 6.65. The van der Waals surface area contributed by atoms with E-state index in [1.165, 1.54) is 0 Å². The van der Waals surface area contributed by atoms with E-state index in [1.54, 1.807) is 0 Å². The van der Waals surface area contributed by atoms with Crippen LogP contribution in [0.25, 0.3) is 0 Å². The fourth-order valence-corrected chi connectivity index (χ4v) is 2.57. The average Bonchev–Trinajstić information content (AvgIpc) is 2.35. The molecule has 0 aliphatic heterocycles. The molecule has 0 bridgehead atoms. The summed E-state index contributed by atoms with van der Waals surface area (Å²) in [4.78, 5) is 11.9. The van der Waals surface area contributed by atoms with Crippen molar-refractivity contribution in [2.24, 2.45) is 5.73 Å². The average molecular weight is 363 g/mol. The van der Waals surface area contributed by atoms with Gasteiger partial charge in [-0.2, -0.15) is 0 Å². The standard InChI is InChI=1S/C13H19BrN2O3S/c1-9(10-3-5-11(14)6-4-10)16-13(17)12(15)7-8-20(2,18)19/h3-6,9,12H,7-8,15H2,1-2H3,(H,16,17). The maximum atomic E-state index is 11.9. The van der Waals surface area contributed by atoms with E-state index in [9.17, 15) is 13.2 Å². The molecular formula is C13H19BrN2O3S. The van der Waals surface area contributed by atoms with Gasteiger partial charge < -0.3 is 11.1 Å². The van der Waals surface area contributed by atoms with Crippen LogP contribution in [0.4, 0.5) is 0 Å². The molecule has 112 valence electrons. The molecule has 0 saturated heterocycles. The number of carbonyl (C=O) groups excluding carboxylic acids is 1. The fraction of sp³-hybridized carbons (Fsp3) is 0.462. The van der Waals surface area contributed by atoms with Crippen LogP contribution in [0.1, 0.15) is 24.9 Å². The number of amides is 1. The Morgan fingerprint density at radius 2 is 1.90 bits per heavy atom. The first-order valence-electron chi connectivity index (χ1n) is 6.18. The van der Waals surface area contributed by atoms with Gasteiger partial charge >= 0.3 is 0 Å². The van der Waals surface area contributed by atoms with Crippen LogP contribution in [0, 0.1) is 0 Å². The van der Waals surface area contributed by atoms with Crippen LogP contribution in [-0.2, 0) is 14.6 Å². The lowest BCUT2D eigenvalue weighted by Crippen LogP contribution is -2.42. The van der Waals surface area contributed by atoms with Crippen LogP contribution in [0.2, 0.25) is 0 Å². The van der Waals surface area contributed by atoms with Crippen LogP contribution >= 0.6 is 15.9 Å². The fourth-order valence-electron chi connectivity index (χ4n) is 1.63. The molecule has 0 saturated carbocycles. The van der Waals surface area contributed by atoms with Gasteiger partial charge in [0, 0.05) is 10.7 Å². The van der Waals surface area contributed by atoms with Crippen molar-refractivity contribution in [1.29, 1.82) is 0 Å². The second-order valence-corrected chi connectivity index (χ2v) is 7.98. The van der Waals surface area contributed by atoms with E-state index < -0.39 is 15.9 Å². The molecule has 0 heterocycles. The molecule has 1 amide bonds. The van der Waals surface area contributed by atoms with Gasteiger partial charge in [0.15, 0.2) is 0 Å². The summed E-state index contributed by atoms with van der Waals surface area (Å²) in [6, 6.07) is 6.58. The quantitative estimate of drug-likeness (QED) is 0.799. The normalized spacial score (nSPS) is 14.6. The number of carbonyl (C=O) groups is 1. The molecule has 0 fully saturated rings. The molecule has 2 atom stereocenters. The minimum absolute atomic E-state index is 0.0890. The highest BCUT2D eigenvalue weighted by atomic mass is 79.9. The van der Waals surface area contributed by atoms with E-state index in [-0.39, 0.29) is 24.1 Å². The lowest BCUT2D eigenvalue weighted by molar-refractivity contribution is -0.123. The Labute approximate surface area is 128 Å². The highest BCUT2D eigenvalue weighted by Crippen LogP contribution is 2.16. The third-order valence-electron chi connectivity index (χ3n) is 2.87. The molecule has 1 rings (SSSR count). The van der Waals surface area contributed by atoms with Crippen molar-refractivity contribution >= 4 is 31.7 Å². The van der Waals surface area contributed by atoms with Crippen molar-refractivity contribution in [3.8, 4) is 0 Å². The van der Waals surface area contributed by atoms with Gasteiger partial charge in [0.25, 0.3) is 0 Å². The van der Waals surface area contributed by atoms with Gasteiger partial charge in [-0.1, -0.05) is 28.1 Å². The minimum Gasteiger partial charge on any atom is -0.348 e. The second kappa shape index (κ2) is 7.19. The number of sulfone groups is 1. The van der Waals surface area contributed by atoms with Crippen molar-refractivity contribution in [1.82, 2.24) is 5.32 Å². The Balaban J connectivity index is 2.54. The maximum absolute atomic E-state index is 11.9. The lowest BCUT2D eigenvalue weighted by atomic mass is 10.1. The van der Waals surface area contributed by atoms with E-state index >= 15 is 0 Å². The number of rotatable bonds is 6. The zero-order chi connectivity index (χ0) is 15.3. The molecule has 0 radical (unpaired) electrons. The first-order valence-corrected chi connectivity index (χ1v) is 9.03. The predicted molar refractivity (Wildman–Crippen MR) is 83.0 cm³/mol. The highest BCUT2D eigenvalue weighted by Gasteiger charge is 2.18. The molecule has 0 aromatic heterocycles. The topological polar surface area (TPSA) is 89.3 Å². The van der Waals surface area contributed by atoms with Gasteiger partial charge in [0.2, 0.25) is 5.91 Å². The van der Waals surface area contributed by atoms with Gasteiger partial charge in [0.1, 0.15) is 9.84 Å². The van der Waals surface area contributed by atoms with E-state index in [0.29, 0.717) is 0 Å². The first kappa shape index (κ1) is 17.1. The molecule has 2 unspecified atom stereocenters. The van der Waals surface area contributed by atoms with Crippen molar-refractivity contribution in [2.45, 2.75) is 25.4 Å². The zero-order valence-corrected chi connectivity index (χ0v) is 13.9. The predicted octanol–water partition coefficient (Wildman–Crippen LogP) is 1.39. The molecular weight excluding hydrogens is 344 g/mol. The third kappa shape index (κ3) is 6.02. The van der Waals surface area contributed by atoms with Crippen LogP contribution in [0.15, 0.2) is 28.7 Å². The largest absolute Gasteiger partial charge is 0.348 e. The Kier molecular flexibility index (Phi) is 6.16. The number of benzene rings is 1. The van der Waals surface area contributed by atoms with Crippen molar-refractivity contribution in [3.05, 3.63) is 34.3 Å². The molecule has 0 aliphatic carbocycles. The van der Waals surface area contributed by atoms with Crippen molar-refractivity contribution in [2.75, 3.05) is 12.0 Å². The van der Waals surface area contributed by atoms with E-state index in [1.807, 2.05) is 31.2 Å². The molecule has 0 spiro atoms. The SMILES string of the molecule is CC(NC(=O)C(N)CCS(C)(=O)=O)c1ccc(Br)cc1. The third-order valence-corrected chi connectivity index (χ3v) is 4.37. The Morgan fingerprint density at radius 1 is 1.35 bits per heavy atom. The number of hydrogen-bond acceptors (Lipinski definition) is 4. The molecule has 5 nitrogen and oxygen atoms in total. The summed E-state index contributed by atoms with van der Waals surface area (Å²) in [5, 5.41) is 2.78. The lowest BCUT2D eigenvalue weighted by Gasteiger charge is -2.17. The van der Waals surface area contributed by atoms with Gasteiger partial charge in [-0.05, 0) is 31.0 Å². The van der Waals surface area contributed by atoms with Gasteiger partial charge in [-0.15, -0.1) is 0 Å². The molecule has 3 N–H and O–H groups in total. The maximum Gasteiger partial charge on any atom is 0.237 e. The Hall–Kier alpha value is -0.920. The van der Waals surface area contributed by atoms with Crippen LogP contribution in [-0.4, -0.2) is 32.4 Å². The molecule has 0 aliphatic rings. The van der Waals surface area contributed by atoms with Gasteiger partial charge in [0.05, 0.1) is 17.8 Å². The van der Waals surface area contributed by atoms with E-state index in [4.69, 9.17) is 5.73 Å². The first-order chi connectivity index (χ1) is 9.19. The Bertz CT molecular complexity index is 557. The smallest absolute Gasteiger partial charge is 0.237 e. The van der Waals surface area contributed by atoms with Crippen molar-refractivity contribution < 1.29 is 13.2 Å². The van der Waals surface area contributed by atoms with Gasteiger partial charge in [-0.3, -0.25) is 4.79 Å². The monoisotopic (exact) mass is 362 g/mol. The summed E-state index contributed by atoms with van der Waals surface area (Å²) in [5.74, 6) is -0.432. The summed E-state index contributed by atoms with van der Waals surface area (Å²) in [6.45, 7) is 1.85. The number of halogens is 1. The molecule has 7 heteroatoms. The van der Waals surface area contributed by atoms with Crippen LogP contribution < -0.4 is 11.1 Å². The van der Waals surface area contributed by atoms with E-state index in [0.717, 1.165) is 16.3 Å². The number of nitrogens with two attached hydrogens (primary N) is 1. The Morgan fingerprint density at radius 3 is 2.40 bits per heavy atom. The van der Waals surface area contributed by atoms with Crippen LogP contribution in [0.3, 0.4) is 0 Å². The van der Waals surface area contributed by atoms with E-state index in [2.05, 4.69) is 21.2 Å². The highest BCUT2D eigenvalue weighted by molar-refractivity contribution is 9.10. The summed E-state index contributed by atoms with van der Waals surface area (Å²) >= 11 is 3.34. The van der Waals surface area contributed by atoms with Gasteiger partial charge in [-0.25, -0.2) is 8.42 Å². The number of hydrogen-bond donors (Lipinski definition) is 2. The second-order valence-electron chi connectivity index (χ2n) is 4.81. The summed E-state index contributed by atoms with van der Waals surface area (Å²) < 4.78 is 23.0. The molecule has 20 heavy (non-hydrogen) atoms. The van der Waals surface area contributed by atoms with Crippen molar-refractivity contribution in [3.63, 3.8) is 0 Å². The zero-order valence-electron chi connectivity index (χ0n) is 11.5.